The van der Waals surface area contributed by atoms with E-state index in [0.717, 1.165) is 72.1 Å². The number of furan rings is 2. The summed E-state index contributed by atoms with van der Waals surface area (Å²) < 4.78 is 15.0. The molecule has 0 aliphatic rings. The van der Waals surface area contributed by atoms with Gasteiger partial charge >= 0.3 is 0 Å². The van der Waals surface area contributed by atoms with Crippen molar-refractivity contribution in [2.45, 2.75) is 0 Å². The van der Waals surface area contributed by atoms with Crippen LogP contribution in [0.4, 0.5) is 17.1 Å². The molecule has 0 radical (unpaired) electrons. The highest BCUT2D eigenvalue weighted by Gasteiger charge is 2.24. The number of para-hydroxylation sites is 4. The van der Waals surface area contributed by atoms with Crippen molar-refractivity contribution in [2.24, 2.45) is 0 Å². The van der Waals surface area contributed by atoms with Crippen LogP contribution in [-0.4, -0.2) is 4.40 Å². The lowest BCUT2D eigenvalue weighted by Gasteiger charge is -2.27. The molecule has 4 heteroatoms. The summed E-state index contributed by atoms with van der Waals surface area (Å²) >= 11 is 0. The third-order valence-electron chi connectivity index (χ3n) is 10.9. The highest BCUT2D eigenvalue weighted by Crippen LogP contribution is 2.48. The van der Waals surface area contributed by atoms with E-state index in [1.807, 2.05) is 24.3 Å². The van der Waals surface area contributed by atoms with Crippen LogP contribution in [0.1, 0.15) is 0 Å². The third kappa shape index (κ3) is 3.70. The highest BCUT2D eigenvalue weighted by atomic mass is 16.3. The second-order valence-corrected chi connectivity index (χ2v) is 13.7. The summed E-state index contributed by atoms with van der Waals surface area (Å²) in [5.41, 5.74) is 12.8. The normalized spacial score (nSPS) is 12.2. The Morgan fingerprint density at radius 3 is 1.83 bits per heavy atom. The lowest BCUT2D eigenvalue weighted by molar-refractivity contribution is 0.668. The van der Waals surface area contributed by atoms with Gasteiger partial charge in [0.15, 0.2) is 0 Å². The van der Waals surface area contributed by atoms with Crippen molar-refractivity contribution < 1.29 is 8.83 Å². The fraction of sp³-hybridized carbons (Fsp3) is 0. The van der Waals surface area contributed by atoms with Crippen LogP contribution in [0.25, 0.3) is 93.1 Å². The van der Waals surface area contributed by atoms with Crippen molar-refractivity contribution in [3.63, 3.8) is 0 Å². The van der Waals surface area contributed by atoms with Gasteiger partial charge in [0.2, 0.25) is 0 Å². The molecule has 4 nitrogen and oxygen atoms in total. The predicted molar refractivity (Wildman–Crippen MR) is 216 cm³/mol. The number of rotatable bonds is 4. The van der Waals surface area contributed by atoms with Gasteiger partial charge in [-0.2, -0.15) is 0 Å². The lowest BCUT2D eigenvalue weighted by Crippen LogP contribution is -2.10. The average Bonchev–Trinajstić information content (AvgIpc) is 3.95. The Bertz CT molecular complexity index is 3360. The van der Waals surface area contributed by atoms with Gasteiger partial charge in [0.05, 0.1) is 22.2 Å². The van der Waals surface area contributed by atoms with Crippen LogP contribution in [0.5, 0.6) is 0 Å². The molecule has 0 amide bonds. The minimum Gasteiger partial charge on any atom is -0.456 e. The zero-order valence-corrected chi connectivity index (χ0v) is 27.9. The third-order valence-corrected chi connectivity index (χ3v) is 10.9. The van der Waals surface area contributed by atoms with Gasteiger partial charge in [0, 0.05) is 54.5 Å². The molecule has 0 bridgehead atoms. The minimum atomic E-state index is 0.881. The quantitative estimate of drug-likeness (QED) is 0.188. The molecule has 8 aromatic carbocycles. The largest absolute Gasteiger partial charge is 0.456 e. The average molecular weight is 665 g/mol. The van der Waals surface area contributed by atoms with Gasteiger partial charge in [0.1, 0.15) is 22.3 Å². The topological polar surface area (TPSA) is 33.9 Å². The van der Waals surface area contributed by atoms with Crippen molar-refractivity contribution in [3.8, 4) is 11.1 Å². The molecular formula is C48H28N2O2. The second kappa shape index (κ2) is 10.3. The molecule has 242 valence electrons. The molecule has 52 heavy (non-hydrogen) atoms. The number of benzene rings is 8. The Hall–Kier alpha value is -7.04. The zero-order chi connectivity index (χ0) is 33.9. The Labute approximate surface area is 297 Å². The van der Waals surface area contributed by atoms with Gasteiger partial charge < -0.3 is 18.1 Å². The zero-order valence-electron chi connectivity index (χ0n) is 27.9. The van der Waals surface area contributed by atoms with Gasteiger partial charge in [-0.3, -0.25) is 0 Å². The van der Waals surface area contributed by atoms with E-state index < -0.39 is 0 Å². The Morgan fingerprint density at radius 1 is 0.385 bits per heavy atom. The summed E-state index contributed by atoms with van der Waals surface area (Å²) in [5, 5.41) is 9.48. The molecule has 12 aromatic rings. The van der Waals surface area contributed by atoms with E-state index in [4.69, 9.17) is 8.83 Å². The lowest BCUT2D eigenvalue weighted by atomic mass is 9.98. The van der Waals surface area contributed by atoms with Crippen LogP contribution in [0.2, 0.25) is 0 Å². The number of aromatic nitrogens is 1. The number of anilines is 3. The van der Waals surface area contributed by atoms with Crippen molar-refractivity contribution >= 4 is 99.0 Å². The first-order valence-corrected chi connectivity index (χ1v) is 17.7. The summed E-state index contributed by atoms with van der Waals surface area (Å²) in [6.07, 6.45) is 0. The molecule has 0 aliphatic carbocycles. The van der Waals surface area contributed by atoms with Crippen molar-refractivity contribution in [2.75, 3.05) is 4.90 Å². The van der Waals surface area contributed by atoms with E-state index in [1.165, 1.54) is 38.1 Å². The molecule has 0 saturated heterocycles. The fourth-order valence-electron chi connectivity index (χ4n) is 8.71. The molecular weight excluding hydrogens is 637 g/mol. The number of hydrogen-bond acceptors (Lipinski definition) is 3. The number of hydrogen-bond donors (Lipinski definition) is 0. The molecule has 0 saturated carbocycles. The first kappa shape index (κ1) is 27.7. The van der Waals surface area contributed by atoms with Crippen molar-refractivity contribution in [1.82, 2.24) is 4.40 Å². The fourth-order valence-corrected chi connectivity index (χ4v) is 8.71. The molecule has 0 spiro atoms. The van der Waals surface area contributed by atoms with E-state index in [-0.39, 0.29) is 0 Å². The highest BCUT2D eigenvalue weighted by molar-refractivity contribution is 6.27. The van der Waals surface area contributed by atoms with E-state index in [1.54, 1.807) is 0 Å². The van der Waals surface area contributed by atoms with E-state index >= 15 is 0 Å². The monoisotopic (exact) mass is 664 g/mol. The van der Waals surface area contributed by atoms with Crippen LogP contribution in [-0.2, 0) is 0 Å². The smallest absolute Gasteiger partial charge is 0.136 e. The molecule has 12 rings (SSSR count). The van der Waals surface area contributed by atoms with Crippen LogP contribution in [0.3, 0.4) is 0 Å². The molecule has 0 fully saturated rings. The summed E-state index contributed by atoms with van der Waals surface area (Å²) in [4.78, 5) is 2.41. The van der Waals surface area contributed by atoms with E-state index in [2.05, 4.69) is 155 Å². The summed E-state index contributed by atoms with van der Waals surface area (Å²) in [6.45, 7) is 0. The maximum absolute atomic E-state index is 6.28. The SMILES string of the molecule is c1ccc2c(c1)oc1ccc(N(c3ccc(-c4cccc5oc6ccccc6c45)cc3)c3ccc4c5ccccc5n5c6ccccc6c3c45)cc12. The molecule has 0 atom stereocenters. The summed E-state index contributed by atoms with van der Waals surface area (Å²) in [5.74, 6) is 0. The molecule has 0 aliphatic heterocycles. The van der Waals surface area contributed by atoms with Crippen molar-refractivity contribution in [1.29, 1.82) is 0 Å². The Kier molecular flexibility index (Phi) is 5.47. The summed E-state index contributed by atoms with van der Waals surface area (Å²) in [7, 11) is 0. The molecule has 0 N–H and O–H groups in total. The van der Waals surface area contributed by atoms with Crippen LogP contribution < -0.4 is 4.90 Å². The maximum Gasteiger partial charge on any atom is 0.136 e. The first-order valence-electron chi connectivity index (χ1n) is 17.7. The number of fused-ring (bicyclic) bond motifs is 12. The van der Waals surface area contributed by atoms with Crippen LogP contribution in [0.15, 0.2) is 179 Å². The van der Waals surface area contributed by atoms with Gasteiger partial charge in [-0.1, -0.05) is 103 Å². The maximum atomic E-state index is 6.28. The van der Waals surface area contributed by atoms with Gasteiger partial charge in [-0.15, -0.1) is 0 Å². The Morgan fingerprint density at radius 2 is 1.00 bits per heavy atom. The predicted octanol–water partition coefficient (Wildman–Crippen LogP) is 13.8. The van der Waals surface area contributed by atoms with E-state index in [0.29, 0.717) is 0 Å². The Balaban J connectivity index is 1.13. The molecule has 4 heterocycles. The molecule has 0 unspecified atom stereocenters. The first-order chi connectivity index (χ1) is 25.8. The van der Waals surface area contributed by atoms with Crippen LogP contribution in [0, 0.1) is 0 Å². The standard InChI is InChI=1S/C48H28N2O2/c1-5-15-39-33(10-1)35-25-26-41(47-36-12-2-6-16-40(36)50(39)48(35)47)49(31-24-27-44-38(28-31)34-11-3-7-17-42(34)51-44)30-22-20-29(21-23-30)32-14-9-19-45-46(32)37-13-4-8-18-43(37)52-45/h1-28H. The summed E-state index contributed by atoms with van der Waals surface area (Å²) in [6, 6.07) is 60.6. The van der Waals surface area contributed by atoms with Crippen molar-refractivity contribution in [3.05, 3.63) is 170 Å². The van der Waals surface area contributed by atoms with E-state index in [9.17, 15) is 0 Å². The van der Waals surface area contributed by atoms with Gasteiger partial charge in [-0.25, -0.2) is 0 Å². The molecule has 4 aromatic heterocycles. The number of nitrogens with zero attached hydrogens (tertiary/aromatic N) is 2. The van der Waals surface area contributed by atoms with Crippen LogP contribution >= 0.6 is 0 Å². The van der Waals surface area contributed by atoms with Gasteiger partial charge in [-0.05, 0) is 77.9 Å². The second-order valence-electron chi connectivity index (χ2n) is 13.7. The van der Waals surface area contributed by atoms with Gasteiger partial charge in [0.25, 0.3) is 0 Å². The minimum absolute atomic E-state index is 0.881.